The van der Waals surface area contributed by atoms with Crippen molar-refractivity contribution in [1.82, 2.24) is 14.5 Å². The first-order valence-electron chi connectivity index (χ1n) is 8.83. The van der Waals surface area contributed by atoms with Crippen LogP contribution in [0.4, 0.5) is 0 Å². The Hall–Kier alpha value is -2.97. The van der Waals surface area contributed by atoms with E-state index in [2.05, 4.69) is 16.8 Å². The van der Waals surface area contributed by atoms with Gasteiger partial charge in [0.2, 0.25) is 0 Å². The Kier molecular flexibility index (Phi) is 3.41. The minimum Gasteiger partial charge on any atom is -0.370 e. The molecular formula is C21H17N3O2. The van der Waals surface area contributed by atoms with Gasteiger partial charge in [-0.2, -0.15) is 0 Å². The second kappa shape index (κ2) is 5.79. The van der Waals surface area contributed by atoms with Crippen molar-refractivity contribution >= 4 is 10.9 Å². The summed E-state index contributed by atoms with van der Waals surface area (Å²) in [5.74, 6) is 7.00. The highest BCUT2D eigenvalue weighted by molar-refractivity contribution is 5.79. The number of pyridine rings is 1. The van der Waals surface area contributed by atoms with Gasteiger partial charge in [-0.3, -0.25) is 9.36 Å². The monoisotopic (exact) mass is 343 g/mol. The number of hydrogen-bond donors (Lipinski definition) is 0. The predicted molar refractivity (Wildman–Crippen MR) is 97.8 cm³/mol. The second-order valence-electron chi connectivity index (χ2n) is 6.90. The number of fused-ring (bicyclic) bond motifs is 2. The van der Waals surface area contributed by atoms with Crippen LogP contribution < -0.4 is 5.56 Å². The van der Waals surface area contributed by atoms with Gasteiger partial charge in [0.05, 0.1) is 23.1 Å². The minimum absolute atomic E-state index is 0.00829. The lowest BCUT2D eigenvalue weighted by Gasteiger charge is -2.10. The fraction of sp³-hybridized carbons (Fsp3) is 0.286. The summed E-state index contributed by atoms with van der Waals surface area (Å²) in [7, 11) is 0. The zero-order valence-electron chi connectivity index (χ0n) is 14.2. The maximum absolute atomic E-state index is 12.9. The number of rotatable bonds is 0. The van der Waals surface area contributed by atoms with E-state index in [1.165, 1.54) is 0 Å². The van der Waals surface area contributed by atoms with Gasteiger partial charge in [-0.15, -0.1) is 0 Å². The maximum Gasteiger partial charge on any atom is 0.261 e. The molecule has 5 rings (SSSR count). The molecule has 1 unspecified atom stereocenters. The van der Waals surface area contributed by atoms with Crippen LogP contribution in [-0.4, -0.2) is 26.7 Å². The third kappa shape index (κ3) is 2.69. The molecule has 1 atom stereocenters. The van der Waals surface area contributed by atoms with Gasteiger partial charge in [0.1, 0.15) is 11.5 Å². The summed E-state index contributed by atoms with van der Waals surface area (Å²) < 4.78 is 7.43. The Balaban J connectivity index is 1.55. The van der Waals surface area contributed by atoms with E-state index in [4.69, 9.17) is 9.72 Å². The highest BCUT2D eigenvalue weighted by atomic mass is 16.6. The summed E-state index contributed by atoms with van der Waals surface area (Å²) in [6, 6.07) is 11.2. The molecule has 1 aromatic carbocycles. The highest BCUT2D eigenvalue weighted by Gasteiger charge is 2.45. The molecule has 5 nitrogen and oxygen atoms in total. The van der Waals surface area contributed by atoms with Crippen LogP contribution in [-0.2, 0) is 17.7 Å². The molecule has 0 amide bonds. The smallest absolute Gasteiger partial charge is 0.261 e. The van der Waals surface area contributed by atoms with Gasteiger partial charge in [-0.25, -0.2) is 9.97 Å². The van der Waals surface area contributed by atoms with Crippen LogP contribution in [0.2, 0.25) is 0 Å². The summed E-state index contributed by atoms with van der Waals surface area (Å²) in [6.07, 6.45) is 4.32. The molecule has 1 fully saturated rings. The lowest BCUT2D eigenvalue weighted by molar-refractivity contribution is 0.273. The summed E-state index contributed by atoms with van der Waals surface area (Å²) in [4.78, 5) is 21.9. The summed E-state index contributed by atoms with van der Waals surface area (Å²) in [5.41, 5.74) is 2.28. The lowest BCUT2D eigenvalue weighted by atomic mass is 10.0. The molecule has 5 heteroatoms. The first kappa shape index (κ1) is 15.3. The van der Waals surface area contributed by atoms with Crippen LogP contribution in [0.25, 0.3) is 10.9 Å². The van der Waals surface area contributed by atoms with Crippen molar-refractivity contribution in [1.29, 1.82) is 0 Å². The van der Waals surface area contributed by atoms with E-state index in [0.29, 0.717) is 17.4 Å². The zero-order valence-corrected chi connectivity index (χ0v) is 14.2. The number of nitrogens with zero attached hydrogens (tertiary/aromatic N) is 3. The molecule has 3 aromatic rings. The number of benzene rings is 1. The molecule has 0 bridgehead atoms. The van der Waals surface area contributed by atoms with E-state index in [0.717, 1.165) is 43.0 Å². The maximum atomic E-state index is 12.9. The van der Waals surface area contributed by atoms with Gasteiger partial charge in [-0.05, 0) is 49.1 Å². The average Bonchev–Trinajstić information content (AvgIpc) is 3.47. The molecule has 0 aliphatic carbocycles. The van der Waals surface area contributed by atoms with E-state index in [1.807, 2.05) is 41.0 Å². The standard InChI is InChI=1S/C21H17N3O2/c25-20-17-7-5-15(4-6-16-3-1-2-11-22-16)13-18(17)23-19-8-9-21(14-26-21)10-12-24(19)20/h1-3,5,7,11,13H,8-10,12,14H2. The SMILES string of the molecule is O=c1c2ccc(C#Cc3ccccn3)cc2nc2n1CCC1(CC2)CO1. The molecule has 26 heavy (non-hydrogen) atoms. The molecule has 4 heterocycles. The third-order valence-electron chi connectivity index (χ3n) is 5.18. The Morgan fingerprint density at radius 3 is 2.88 bits per heavy atom. The molecule has 2 aliphatic rings. The second-order valence-corrected chi connectivity index (χ2v) is 6.90. The fourth-order valence-electron chi connectivity index (χ4n) is 3.51. The zero-order chi connectivity index (χ0) is 17.6. The van der Waals surface area contributed by atoms with Crippen LogP contribution in [0, 0.1) is 11.8 Å². The quantitative estimate of drug-likeness (QED) is 0.464. The first-order chi connectivity index (χ1) is 12.7. The van der Waals surface area contributed by atoms with Crippen molar-refractivity contribution in [2.75, 3.05) is 6.61 Å². The summed E-state index contributed by atoms with van der Waals surface area (Å²) in [6.45, 7) is 1.49. The fourth-order valence-corrected chi connectivity index (χ4v) is 3.51. The highest BCUT2D eigenvalue weighted by Crippen LogP contribution is 2.37. The van der Waals surface area contributed by atoms with Gasteiger partial charge in [-0.1, -0.05) is 12.0 Å². The van der Waals surface area contributed by atoms with Crippen molar-refractivity contribution in [2.45, 2.75) is 31.4 Å². The van der Waals surface area contributed by atoms with Gasteiger partial charge in [0.15, 0.2) is 0 Å². The van der Waals surface area contributed by atoms with Gasteiger partial charge >= 0.3 is 0 Å². The Morgan fingerprint density at radius 2 is 2.08 bits per heavy atom. The Labute approximate surface area is 150 Å². The number of hydrogen-bond acceptors (Lipinski definition) is 4. The molecular weight excluding hydrogens is 326 g/mol. The topological polar surface area (TPSA) is 60.3 Å². The van der Waals surface area contributed by atoms with E-state index < -0.39 is 0 Å². The Bertz CT molecular complexity index is 1120. The molecule has 0 saturated carbocycles. The van der Waals surface area contributed by atoms with Crippen LogP contribution in [0.1, 0.15) is 29.9 Å². The molecule has 1 saturated heterocycles. The van der Waals surface area contributed by atoms with Crippen LogP contribution in [0.3, 0.4) is 0 Å². The van der Waals surface area contributed by atoms with E-state index in [9.17, 15) is 4.79 Å². The van der Waals surface area contributed by atoms with Crippen LogP contribution in [0.15, 0.2) is 47.4 Å². The molecule has 0 radical (unpaired) electrons. The lowest BCUT2D eigenvalue weighted by Crippen LogP contribution is -2.24. The third-order valence-corrected chi connectivity index (χ3v) is 5.18. The van der Waals surface area contributed by atoms with Crippen molar-refractivity contribution in [3.8, 4) is 11.8 Å². The van der Waals surface area contributed by atoms with Crippen molar-refractivity contribution < 1.29 is 4.74 Å². The number of aryl methyl sites for hydroxylation is 1. The van der Waals surface area contributed by atoms with Crippen molar-refractivity contribution in [3.63, 3.8) is 0 Å². The Morgan fingerprint density at radius 1 is 1.15 bits per heavy atom. The van der Waals surface area contributed by atoms with Gasteiger partial charge in [0.25, 0.3) is 5.56 Å². The number of aromatic nitrogens is 3. The molecule has 2 aromatic heterocycles. The number of ether oxygens (including phenoxy) is 1. The largest absolute Gasteiger partial charge is 0.370 e. The average molecular weight is 343 g/mol. The summed E-state index contributed by atoms with van der Waals surface area (Å²) >= 11 is 0. The van der Waals surface area contributed by atoms with E-state index in [-0.39, 0.29) is 11.2 Å². The van der Waals surface area contributed by atoms with Crippen molar-refractivity contribution in [2.24, 2.45) is 0 Å². The van der Waals surface area contributed by atoms with E-state index >= 15 is 0 Å². The van der Waals surface area contributed by atoms with Gasteiger partial charge < -0.3 is 4.74 Å². The van der Waals surface area contributed by atoms with Crippen molar-refractivity contribution in [3.05, 3.63) is 70.0 Å². The molecule has 1 spiro atoms. The minimum atomic E-state index is -0.00829. The summed E-state index contributed by atoms with van der Waals surface area (Å²) in [5, 5.41) is 0.643. The first-order valence-corrected chi connectivity index (χ1v) is 8.83. The van der Waals surface area contributed by atoms with Crippen LogP contribution in [0.5, 0.6) is 0 Å². The molecule has 128 valence electrons. The van der Waals surface area contributed by atoms with E-state index in [1.54, 1.807) is 6.20 Å². The van der Waals surface area contributed by atoms with Crippen LogP contribution >= 0.6 is 0 Å². The molecule has 0 N–H and O–H groups in total. The predicted octanol–water partition coefficient (Wildman–Crippen LogP) is 2.30. The molecule has 2 aliphatic heterocycles. The normalized spacial score (nSPS) is 20.9. The number of epoxide rings is 1. The van der Waals surface area contributed by atoms with Gasteiger partial charge in [0, 0.05) is 24.7 Å².